The van der Waals surface area contributed by atoms with E-state index in [1.807, 2.05) is 76.8 Å². The Hall–Kier alpha value is -8.01. The molecule has 0 saturated carbocycles. The van der Waals surface area contributed by atoms with E-state index in [4.69, 9.17) is 69.3 Å². The van der Waals surface area contributed by atoms with Gasteiger partial charge >= 0.3 is 22.4 Å². The van der Waals surface area contributed by atoms with Crippen molar-refractivity contribution in [1.29, 1.82) is 0 Å². The van der Waals surface area contributed by atoms with Gasteiger partial charge in [0, 0.05) is 99.3 Å². The van der Waals surface area contributed by atoms with Gasteiger partial charge in [-0.3, -0.25) is 21.7 Å². The summed E-state index contributed by atoms with van der Waals surface area (Å²) in [6.45, 7) is 11.1. The molecule has 12 aromatic carbocycles. The van der Waals surface area contributed by atoms with Crippen LogP contribution in [0.5, 0.6) is 0 Å². The number of hydrazone groups is 4. The molecule has 0 amide bonds. The predicted octanol–water partition coefficient (Wildman–Crippen LogP) is 2.49. The maximum Gasteiger partial charge on any atom is 1.00 e. The molecule has 0 atom stereocenters. The zero-order valence-corrected chi connectivity index (χ0v) is 81.7. The van der Waals surface area contributed by atoms with Crippen LogP contribution in [-0.2, 0) is 44.8 Å². The second kappa shape index (κ2) is 70.4. The van der Waals surface area contributed by atoms with Gasteiger partial charge in [0.1, 0.15) is 0 Å². The maximum atomic E-state index is 7.00. The van der Waals surface area contributed by atoms with Crippen LogP contribution >= 0.6 is 80.6 Å². The molecule has 0 aliphatic heterocycles. The number of benzene rings is 12. The molecule has 16 nitrogen and oxygen atoms in total. The Morgan fingerprint density at radius 3 is 0.496 bits per heavy atom. The monoisotopic (exact) mass is 2190 g/mol. The Bertz CT molecular complexity index is 4100. The molecule has 0 saturated heterocycles. The molecule has 645 valence electrons. The third kappa shape index (κ3) is 40.0. The summed E-state index contributed by atoms with van der Waals surface area (Å²) >= 11 is 20.7. The number of hydrogen-bond donors (Lipinski definition) is 12. The maximum absolute atomic E-state index is 7.00. The number of halogens is 3. The van der Waals surface area contributed by atoms with Crippen LogP contribution in [0, 0.1) is 0 Å². The van der Waals surface area contributed by atoms with Crippen molar-refractivity contribution in [1.82, 2.24) is 43.0 Å². The van der Waals surface area contributed by atoms with E-state index in [1.165, 1.54) is 63.7 Å². The van der Waals surface area contributed by atoms with Gasteiger partial charge in [0.25, 0.3) is 0 Å². The minimum Gasteiger partial charge on any atom is -1.00 e. The van der Waals surface area contributed by atoms with Gasteiger partial charge in [0.2, 0.25) is 0 Å². The summed E-state index contributed by atoms with van der Waals surface area (Å²) in [5, 5.41) is 75.1. The van der Waals surface area contributed by atoms with Crippen LogP contribution in [0.2, 0.25) is 0 Å². The molecule has 0 spiro atoms. The Kier molecular flexibility index (Phi) is 65.7. The smallest absolute Gasteiger partial charge is 1.00 e. The number of nitrogens with zero attached hydrogens (tertiary/aromatic N) is 4. The first-order valence-corrected chi connectivity index (χ1v) is 44.2. The van der Waals surface area contributed by atoms with E-state index in [1.54, 1.807) is 0 Å². The molecule has 0 aromatic heterocycles. The molecule has 12 N–H and O–H groups in total. The molecule has 12 aromatic rings. The summed E-state index contributed by atoms with van der Waals surface area (Å²) < 4.78 is 0. The fraction of sp³-hybridized carbons (Fsp3) is 0.130. The SMILES string of the molecule is CCNC(=S)N/N=C/c1ccccc1P(c1ccccc1)c1ccccc1.CCNC(=S)N/N=C/c1ccccc1P(c1ccccc1)c1ccccc1.CCNC(=S)N/N=C/c1ccccc1P(c1ccccc1)c1ccccc1.CCNC(=S)N/N=C/c1ccccc1P(c1ccccc1)c1ccccc1.CO.CO.CO.CO.[Au+].[Au].[Cl-].[Cl-].[Cl-]. The average molecular weight is 2190 g/mol. The zero-order chi connectivity index (χ0) is 83.6. The van der Waals surface area contributed by atoms with Gasteiger partial charge in [0.15, 0.2) is 20.4 Å². The van der Waals surface area contributed by atoms with Crippen molar-refractivity contribution in [3.05, 3.63) is 362 Å². The minimum absolute atomic E-state index is 0. The molecule has 12 rings (SSSR count). The molecule has 29 heteroatoms. The quantitative estimate of drug-likeness (QED) is 0.0137. The molecule has 1 radical (unpaired) electrons. The summed E-state index contributed by atoms with van der Waals surface area (Å²) in [7, 11) is 1.31. The summed E-state index contributed by atoms with van der Waals surface area (Å²) in [4.78, 5) is 0. The van der Waals surface area contributed by atoms with Crippen LogP contribution in [-0.4, -0.2) is 120 Å². The van der Waals surface area contributed by atoms with Gasteiger partial charge in [-0.25, -0.2) is 0 Å². The van der Waals surface area contributed by atoms with E-state index in [9.17, 15) is 0 Å². The van der Waals surface area contributed by atoms with Gasteiger partial charge in [-0.1, -0.05) is 340 Å². The van der Waals surface area contributed by atoms with E-state index in [2.05, 4.69) is 379 Å². The van der Waals surface area contributed by atoms with Crippen molar-refractivity contribution in [2.24, 2.45) is 20.4 Å². The Labute approximate surface area is 792 Å². The Balaban J connectivity index is 0.00000152. The standard InChI is InChI=1S/4C22H22N3PS.4CH4O.2Au.3ClH/c4*1-2-23-22(27)25-24-17-18-11-9-10-16-21(18)26(19-12-5-3-6-13-19)20-14-7-4-8-15-20;4*1-2;;;;;/h4*3-17H,2H2,1H3,(H2,23,25,27);4*2H,1H3;;;3*1H/q;;;;;;;;;+1;;;/p-3/b4*24-17+;;;;;;;;;. The van der Waals surface area contributed by atoms with Crippen molar-refractivity contribution < 1.29 is 102 Å². The first kappa shape index (κ1) is 113. The molecule has 0 fully saturated rings. The van der Waals surface area contributed by atoms with Crippen molar-refractivity contribution in [3.8, 4) is 0 Å². The van der Waals surface area contributed by atoms with Crippen LogP contribution in [0.3, 0.4) is 0 Å². The largest absolute Gasteiger partial charge is 1.00 e. The van der Waals surface area contributed by atoms with Gasteiger partial charge in [-0.05, 0) is 172 Å². The van der Waals surface area contributed by atoms with Gasteiger partial charge in [0.05, 0.1) is 24.9 Å². The molecule has 0 unspecified atom stereocenters. The third-order valence-corrected chi connectivity index (χ3v) is 26.7. The van der Waals surface area contributed by atoms with Crippen molar-refractivity contribution >= 4 is 190 Å². The number of nitrogens with one attached hydrogen (secondary N) is 8. The van der Waals surface area contributed by atoms with E-state index in [0.29, 0.717) is 20.4 Å². The normalized spacial score (nSPS) is 9.92. The van der Waals surface area contributed by atoms with Crippen molar-refractivity contribution in [2.75, 3.05) is 54.6 Å². The molecule has 0 aliphatic rings. The van der Waals surface area contributed by atoms with E-state index >= 15 is 0 Å². The second-order valence-corrected chi connectivity index (χ2v) is 33.6. The summed E-state index contributed by atoms with van der Waals surface area (Å²) in [5.41, 5.74) is 15.8. The van der Waals surface area contributed by atoms with E-state index in [-0.39, 0.29) is 82.0 Å². The fourth-order valence-electron chi connectivity index (χ4n) is 11.0. The second-order valence-electron chi connectivity index (χ2n) is 23.2. The van der Waals surface area contributed by atoms with Crippen LogP contribution in [0.25, 0.3) is 0 Å². The van der Waals surface area contributed by atoms with Crippen LogP contribution in [0.1, 0.15) is 49.9 Å². The van der Waals surface area contributed by atoms with Crippen molar-refractivity contribution in [3.63, 3.8) is 0 Å². The average Bonchev–Trinajstić information content (AvgIpc) is 0.822. The van der Waals surface area contributed by atoms with Crippen LogP contribution < -0.4 is 144 Å². The number of hydrogen-bond acceptors (Lipinski definition) is 12. The van der Waals surface area contributed by atoms with Gasteiger partial charge in [-0.15, -0.1) is 0 Å². The molecule has 0 bridgehead atoms. The fourth-order valence-corrected chi connectivity index (χ4v) is 21.4. The van der Waals surface area contributed by atoms with Gasteiger partial charge < -0.3 is 78.9 Å². The van der Waals surface area contributed by atoms with E-state index in [0.717, 1.165) is 76.9 Å². The molecular formula is C92H104Au2Cl3N12O4P4S4-2. The van der Waals surface area contributed by atoms with Crippen molar-refractivity contribution in [2.45, 2.75) is 27.7 Å². The molecular weight excluding hydrogens is 2090 g/mol. The van der Waals surface area contributed by atoms with Crippen LogP contribution in [0.15, 0.2) is 360 Å². The third-order valence-electron chi connectivity index (χ3n) is 15.7. The summed E-state index contributed by atoms with van der Waals surface area (Å²) in [5.74, 6) is 0. The topological polar surface area (TPSA) is 227 Å². The first-order chi connectivity index (χ1) is 57.2. The summed E-state index contributed by atoms with van der Waals surface area (Å²) in [6, 6.07) is 119. The number of aliphatic hydroxyl groups excluding tert-OH is 4. The first-order valence-electron chi connectivity index (χ1n) is 37.2. The van der Waals surface area contributed by atoms with Crippen LogP contribution in [0.4, 0.5) is 0 Å². The Morgan fingerprint density at radius 1 is 0.240 bits per heavy atom. The summed E-state index contributed by atoms with van der Waals surface area (Å²) in [6.07, 6.45) is 7.39. The van der Waals surface area contributed by atoms with Gasteiger partial charge in [-0.2, -0.15) is 20.4 Å². The number of rotatable bonds is 24. The molecule has 0 heterocycles. The zero-order valence-electron chi connectivity index (χ0n) is 68.2. The predicted molar refractivity (Wildman–Crippen MR) is 521 cm³/mol. The van der Waals surface area contributed by atoms with E-state index < -0.39 is 31.7 Å². The number of aliphatic hydroxyl groups is 4. The molecule has 121 heavy (non-hydrogen) atoms. The Morgan fingerprint density at radius 2 is 0.364 bits per heavy atom. The molecule has 0 aliphatic carbocycles. The number of thiocarbonyl (C=S) groups is 4. The minimum atomic E-state index is -0.673.